The van der Waals surface area contributed by atoms with Gasteiger partial charge in [0.15, 0.2) is 17.5 Å². The number of methoxy groups -OCH3 is 2. The van der Waals surface area contributed by atoms with Gasteiger partial charge in [0.25, 0.3) is 0 Å². The average Bonchev–Trinajstić information content (AvgIpc) is 3.03. The molecule has 0 aliphatic carbocycles. The Balaban J connectivity index is 0.00000364. The highest BCUT2D eigenvalue weighted by Gasteiger charge is 2.11. The van der Waals surface area contributed by atoms with Crippen LogP contribution < -0.4 is 20.1 Å². The topological polar surface area (TPSA) is 54.9 Å². The third kappa shape index (κ3) is 7.21. The number of guanidine groups is 1. The summed E-state index contributed by atoms with van der Waals surface area (Å²) in [6.07, 6.45) is 0.978. The molecule has 1 aromatic carbocycles. The van der Waals surface area contributed by atoms with E-state index in [0.717, 1.165) is 36.0 Å². The smallest absolute Gasteiger partial charge is 0.191 e. The van der Waals surface area contributed by atoms with E-state index in [0.29, 0.717) is 6.54 Å². The molecule has 27 heavy (non-hydrogen) atoms. The molecule has 0 aliphatic heterocycles. The Kier molecular flexibility index (Phi) is 10.5. The van der Waals surface area contributed by atoms with Crippen LogP contribution >= 0.6 is 35.3 Å². The van der Waals surface area contributed by atoms with Crippen LogP contribution in [0.25, 0.3) is 0 Å². The number of halogens is 1. The van der Waals surface area contributed by atoms with E-state index in [-0.39, 0.29) is 30.0 Å². The molecule has 0 spiro atoms. The summed E-state index contributed by atoms with van der Waals surface area (Å²) in [6.45, 7) is 7.70. The quantitative estimate of drug-likeness (QED) is 0.319. The van der Waals surface area contributed by atoms with Crippen LogP contribution in [0.5, 0.6) is 11.5 Å². The first-order valence-electron chi connectivity index (χ1n) is 8.87. The monoisotopic (exact) mass is 503 g/mol. The normalized spacial score (nSPS) is 12.1. The van der Waals surface area contributed by atoms with Gasteiger partial charge in [-0.2, -0.15) is 0 Å². The van der Waals surface area contributed by atoms with Crippen LogP contribution in [0, 0.1) is 6.92 Å². The van der Waals surface area contributed by atoms with Crippen LogP contribution in [-0.2, 0) is 13.0 Å². The number of aliphatic imine (C=N–C) groups is 1. The van der Waals surface area contributed by atoms with Crippen molar-refractivity contribution in [2.75, 3.05) is 20.8 Å². The SMILES string of the molecule is CCNC(=NCc1cccc(OC)c1OC)NC(C)Cc1ccc(C)s1.I. The molecule has 0 radical (unpaired) electrons. The van der Waals surface area contributed by atoms with Gasteiger partial charge in [0, 0.05) is 34.3 Å². The van der Waals surface area contributed by atoms with Gasteiger partial charge in [-0.05, 0) is 39.0 Å². The fourth-order valence-corrected chi connectivity index (χ4v) is 3.76. The summed E-state index contributed by atoms with van der Waals surface area (Å²) in [6, 6.07) is 10.5. The Bertz CT molecular complexity index is 734. The van der Waals surface area contributed by atoms with Crippen molar-refractivity contribution in [3.8, 4) is 11.5 Å². The van der Waals surface area contributed by atoms with Gasteiger partial charge in [-0.3, -0.25) is 0 Å². The van der Waals surface area contributed by atoms with Crippen LogP contribution in [0.2, 0.25) is 0 Å². The second-order valence-corrected chi connectivity index (χ2v) is 7.48. The minimum Gasteiger partial charge on any atom is -0.493 e. The predicted molar refractivity (Wildman–Crippen MR) is 125 cm³/mol. The summed E-state index contributed by atoms with van der Waals surface area (Å²) >= 11 is 1.85. The van der Waals surface area contributed by atoms with Crippen molar-refractivity contribution in [3.63, 3.8) is 0 Å². The summed E-state index contributed by atoms with van der Waals surface area (Å²) in [4.78, 5) is 7.44. The van der Waals surface area contributed by atoms with E-state index in [1.165, 1.54) is 9.75 Å². The molecule has 5 nitrogen and oxygen atoms in total. The first-order chi connectivity index (χ1) is 12.6. The number of benzene rings is 1. The molecule has 1 atom stereocenters. The van der Waals surface area contributed by atoms with Crippen LogP contribution in [-0.4, -0.2) is 32.8 Å². The van der Waals surface area contributed by atoms with Gasteiger partial charge >= 0.3 is 0 Å². The number of hydrogen-bond acceptors (Lipinski definition) is 4. The molecule has 2 aromatic rings. The molecule has 0 fully saturated rings. The number of para-hydroxylation sites is 1. The van der Waals surface area contributed by atoms with Gasteiger partial charge < -0.3 is 20.1 Å². The summed E-state index contributed by atoms with van der Waals surface area (Å²) < 4.78 is 10.8. The molecule has 0 aliphatic rings. The molecule has 0 saturated heterocycles. The van der Waals surface area contributed by atoms with Gasteiger partial charge in [0.1, 0.15) is 0 Å². The molecule has 2 rings (SSSR count). The molecule has 0 bridgehead atoms. The van der Waals surface area contributed by atoms with Gasteiger partial charge in [-0.1, -0.05) is 12.1 Å². The Labute approximate surface area is 183 Å². The summed E-state index contributed by atoms with van der Waals surface area (Å²) in [5.74, 6) is 2.26. The summed E-state index contributed by atoms with van der Waals surface area (Å²) in [5.41, 5.74) is 0.991. The number of hydrogen-bond donors (Lipinski definition) is 2. The number of thiophene rings is 1. The van der Waals surface area contributed by atoms with Gasteiger partial charge in [-0.25, -0.2) is 4.99 Å². The van der Waals surface area contributed by atoms with Gasteiger partial charge in [0.2, 0.25) is 0 Å². The fraction of sp³-hybridized carbons (Fsp3) is 0.450. The second-order valence-electron chi connectivity index (χ2n) is 6.11. The minimum absolute atomic E-state index is 0. The van der Waals surface area contributed by atoms with Crippen LogP contribution in [0.15, 0.2) is 35.3 Å². The minimum atomic E-state index is 0. The van der Waals surface area contributed by atoms with E-state index < -0.39 is 0 Å². The van der Waals surface area contributed by atoms with Crippen molar-refractivity contribution in [2.45, 2.75) is 39.8 Å². The number of nitrogens with one attached hydrogen (secondary N) is 2. The second kappa shape index (κ2) is 12.1. The van der Waals surface area contributed by atoms with Crippen molar-refractivity contribution in [3.05, 3.63) is 45.6 Å². The molecule has 2 N–H and O–H groups in total. The van der Waals surface area contributed by atoms with Crippen LogP contribution in [0.3, 0.4) is 0 Å². The average molecular weight is 503 g/mol. The lowest BCUT2D eigenvalue weighted by Gasteiger charge is -2.18. The van der Waals surface area contributed by atoms with E-state index >= 15 is 0 Å². The molecule has 7 heteroatoms. The zero-order valence-corrected chi connectivity index (χ0v) is 19.8. The van der Waals surface area contributed by atoms with Gasteiger partial charge in [-0.15, -0.1) is 35.3 Å². The molecule has 150 valence electrons. The predicted octanol–water partition coefficient (Wildman–Crippen LogP) is 4.38. The van der Waals surface area contributed by atoms with Crippen molar-refractivity contribution in [1.29, 1.82) is 0 Å². The molecule has 0 amide bonds. The first kappa shape index (κ1) is 23.6. The molecule has 1 heterocycles. The van der Waals surface area contributed by atoms with Crippen molar-refractivity contribution < 1.29 is 9.47 Å². The maximum atomic E-state index is 5.49. The Morgan fingerprint density at radius 2 is 1.96 bits per heavy atom. The lowest BCUT2D eigenvalue weighted by Crippen LogP contribution is -2.43. The van der Waals surface area contributed by atoms with E-state index in [1.807, 2.05) is 29.5 Å². The number of nitrogens with zero attached hydrogens (tertiary/aromatic N) is 1. The van der Waals surface area contributed by atoms with Crippen LogP contribution in [0.1, 0.15) is 29.2 Å². The van der Waals surface area contributed by atoms with Gasteiger partial charge in [0.05, 0.1) is 20.8 Å². The molecular formula is C20H30IN3O2S. The maximum Gasteiger partial charge on any atom is 0.191 e. The van der Waals surface area contributed by atoms with E-state index in [1.54, 1.807) is 14.2 Å². The number of aryl methyl sites for hydroxylation is 1. The largest absolute Gasteiger partial charge is 0.493 e. The molecule has 0 saturated carbocycles. The lowest BCUT2D eigenvalue weighted by molar-refractivity contribution is 0.352. The molecule has 1 aromatic heterocycles. The highest BCUT2D eigenvalue weighted by Crippen LogP contribution is 2.31. The zero-order valence-electron chi connectivity index (χ0n) is 16.7. The van der Waals surface area contributed by atoms with Crippen LogP contribution in [0.4, 0.5) is 0 Å². The van der Waals surface area contributed by atoms with Crippen molar-refractivity contribution in [1.82, 2.24) is 10.6 Å². The fourth-order valence-electron chi connectivity index (χ4n) is 2.74. The third-order valence-corrected chi connectivity index (χ3v) is 4.95. The van der Waals surface area contributed by atoms with E-state index in [9.17, 15) is 0 Å². The van der Waals surface area contributed by atoms with E-state index in [4.69, 9.17) is 14.5 Å². The summed E-state index contributed by atoms with van der Waals surface area (Å²) in [5, 5.41) is 6.80. The Morgan fingerprint density at radius 1 is 1.19 bits per heavy atom. The highest BCUT2D eigenvalue weighted by molar-refractivity contribution is 14.0. The van der Waals surface area contributed by atoms with Crippen molar-refractivity contribution >= 4 is 41.3 Å². The number of ether oxygens (including phenoxy) is 2. The van der Waals surface area contributed by atoms with Crippen molar-refractivity contribution in [2.24, 2.45) is 4.99 Å². The molecular weight excluding hydrogens is 473 g/mol. The van der Waals surface area contributed by atoms with E-state index in [2.05, 4.69) is 43.5 Å². The highest BCUT2D eigenvalue weighted by atomic mass is 127. The number of rotatable bonds is 8. The molecule has 1 unspecified atom stereocenters. The lowest BCUT2D eigenvalue weighted by atomic mass is 10.2. The maximum absolute atomic E-state index is 5.49. The first-order valence-corrected chi connectivity index (χ1v) is 9.69. The Hall–Kier alpha value is -1.48. The Morgan fingerprint density at radius 3 is 2.56 bits per heavy atom. The standard InChI is InChI=1S/C20H29N3O2S.HI/c1-6-21-20(23-14(2)12-17-11-10-15(3)26-17)22-13-16-8-7-9-18(24-4)19(16)25-5;/h7-11,14H,6,12-13H2,1-5H3,(H2,21,22,23);1H. The zero-order chi connectivity index (χ0) is 18.9. The third-order valence-electron chi connectivity index (χ3n) is 3.92. The summed E-state index contributed by atoms with van der Waals surface area (Å²) in [7, 11) is 3.30.